The van der Waals surface area contributed by atoms with Gasteiger partial charge in [0.25, 0.3) is 0 Å². The summed E-state index contributed by atoms with van der Waals surface area (Å²) in [6.45, 7) is 3.03. The molecule has 0 radical (unpaired) electrons. The molecule has 0 saturated heterocycles. The summed E-state index contributed by atoms with van der Waals surface area (Å²) in [5, 5.41) is 12.3. The molecule has 2 rings (SSSR count). The number of aromatic nitrogens is 3. The number of halogens is 2. The van der Waals surface area contributed by atoms with E-state index in [0.29, 0.717) is 0 Å². The molecular formula is C13H16BrClN4. The summed E-state index contributed by atoms with van der Waals surface area (Å²) in [7, 11) is 1.88. The molecule has 1 unspecified atom stereocenters. The molecule has 0 fully saturated rings. The van der Waals surface area contributed by atoms with Gasteiger partial charge in [-0.15, -0.1) is 5.10 Å². The first-order chi connectivity index (χ1) is 9.15. The predicted molar refractivity (Wildman–Crippen MR) is 80.3 cm³/mol. The molecule has 0 bridgehead atoms. The number of nitrogens with zero attached hydrogens (tertiary/aromatic N) is 3. The van der Waals surface area contributed by atoms with Gasteiger partial charge in [0.05, 0.1) is 11.7 Å². The highest BCUT2D eigenvalue weighted by molar-refractivity contribution is 9.10. The quantitative estimate of drug-likeness (QED) is 0.905. The van der Waals surface area contributed by atoms with Crippen molar-refractivity contribution in [3.05, 3.63) is 45.1 Å². The Balaban J connectivity index is 2.45. The summed E-state index contributed by atoms with van der Waals surface area (Å²) in [6.07, 6.45) is 1.05. The van der Waals surface area contributed by atoms with Crippen LogP contribution in [0.2, 0.25) is 5.02 Å². The van der Waals surface area contributed by atoms with Crippen molar-refractivity contribution in [2.45, 2.75) is 19.4 Å². The average molecular weight is 344 g/mol. The summed E-state index contributed by atoms with van der Waals surface area (Å²) in [5.41, 5.74) is 2.00. The smallest absolute Gasteiger partial charge is 0.153 e. The molecule has 102 valence electrons. The van der Waals surface area contributed by atoms with Crippen LogP contribution in [0.3, 0.4) is 0 Å². The first-order valence-electron chi connectivity index (χ1n) is 6.18. The minimum atomic E-state index is -0.0250. The fourth-order valence-corrected chi connectivity index (χ4v) is 2.80. The standard InChI is InChI=1S/C13H16BrClN4/c1-3-8-16-11(9-6-4-5-7-10(9)15)12-13(14)17-18-19(12)2/h4-7,11,16H,3,8H2,1-2H3. The van der Waals surface area contributed by atoms with Crippen molar-refractivity contribution in [2.75, 3.05) is 6.54 Å². The molecule has 6 heteroatoms. The van der Waals surface area contributed by atoms with E-state index in [1.807, 2.05) is 31.3 Å². The Labute approximate surface area is 126 Å². The van der Waals surface area contributed by atoms with E-state index in [9.17, 15) is 0 Å². The van der Waals surface area contributed by atoms with Crippen LogP contribution in [0.5, 0.6) is 0 Å². The van der Waals surface area contributed by atoms with E-state index in [4.69, 9.17) is 11.6 Å². The molecule has 0 aliphatic rings. The van der Waals surface area contributed by atoms with E-state index in [-0.39, 0.29) is 6.04 Å². The SMILES string of the molecule is CCCNC(c1ccccc1Cl)c1c(Br)nnn1C. The van der Waals surface area contributed by atoms with E-state index in [2.05, 4.69) is 38.5 Å². The van der Waals surface area contributed by atoms with Crippen molar-refractivity contribution in [3.63, 3.8) is 0 Å². The van der Waals surface area contributed by atoms with Gasteiger partial charge in [-0.3, -0.25) is 0 Å². The zero-order chi connectivity index (χ0) is 13.8. The van der Waals surface area contributed by atoms with Crippen LogP contribution in [0, 0.1) is 0 Å². The van der Waals surface area contributed by atoms with Crippen LogP contribution in [0.1, 0.15) is 30.6 Å². The highest BCUT2D eigenvalue weighted by atomic mass is 79.9. The van der Waals surface area contributed by atoms with Gasteiger partial charge >= 0.3 is 0 Å². The lowest BCUT2D eigenvalue weighted by Gasteiger charge is -2.20. The summed E-state index contributed by atoms with van der Waals surface area (Å²) in [6, 6.07) is 7.81. The van der Waals surface area contributed by atoms with Crippen molar-refractivity contribution in [2.24, 2.45) is 7.05 Å². The molecule has 1 N–H and O–H groups in total. The van der Waals surface area contributed by atoms with Gasteiger partial charge in [-0.2, -0.15) is 0 Å². The Morgan fingerprint density at radius 3 is 2.74 bits per heavy atom. The normalized spacial score (nSPS) is 12.6. The molecule has 0 saturated carbocycles. The number of nitrogens with one attached hydrogen (secondary N) is 1. The molecule has 1 aromatic heterocycles. The Morgan fingerprint density at radius 2 is 2.16 bits per heavy atom. The van der Waals surface area contributed by atoms with Gasteiger partial charge in [0.1, 0.15) is 0 Å². The Hall–Kier alpha value is -0.910. The number of hydrogen-bond acceptors (Lipinski definition) is 3. The number of aryl methyl sites for hydroxylation is 1. The highest BCUT2D eigenvalue weighted by Crippen LogP contribution is 2.31. The molecule has 0 aliphatic carbocycles. The van der Waals surface area contributed by atoms with Crippen LogP contribution < -0.4 is 5.32 Å². The topological polar surface area (TPSA) is 42.7 Å². The van der Waals surface area contributed by atoms with Crippen LogP contribution >= 0.6 is 27.5 Å². The predicted octanol–water partition coefficient (Wildman–Crippen LogP) is 3.32. The second kappa shape index (κ2) is 6.50. The molecule has 19 heavy (non-hydrogen) atoms. The zero-order valence-electron chi connectivity index (χ0n) is 10.9. The second-order valence-electron chi connectivity index (χ2n) is 4.30. The molecular weight excluding hydrogens is 328 g/mol. The van der Waals surface area contributed by atoms with Gasteiger partial charge in [0.2, 0.25) is 0 Å². The third-order valence-corrected chi connectivity index (χ3v) is 3.82. The molecule has 2 aromatic rings. The maximum absolute atomic E-state index is 6.31. The number of benzene rings is 1. The first kappa shape index (κ1) is 14.5. The second-order valence-corrected chi connectivity index (χ2v) is 5.46. The molecule has 1 heterocycles. The van der Waals surface area contributed by atoms with Crippen LogP contribution in [0.4, 0.5) is 0 Å². The Kier molecular flexibility index (Phi) is 4.96. The largest absolute Gasteiger partial charge is 0.305 e. The third kappa shape index (κ3) is 3.16. The Bertz CT molecular complexity index is 536. The molecule has 0 amide bonds. The van der Waals surface area contributed by atoms with Gasteiger partial charge < -0.3 is 5.32 Å². The summed E-state index contributed by atoms with van der Waals surface area (Å²) in [4.78, 5) is 0. The van der Waals surface area contributed by atoms with E-state index < -0.39 is 0 Å². The first-order valence-corrected chi connectivity index (χ1v) is 7.35. The van der Waals surface area contributed by atoms with Gasteiger partial charge in [-0.1, -0.05) is 41.9 Å². The molecule has 1 aromatic carbocycles. The maximum Gasteiger partial charge on any atom is 0.153 e. The van der Waals surface area contributed by atoms with Gasteiger partial charge in [-0.25, -0.2) is 4.68 Å². The fourth-order valence-electron chi connectivity index (χ4n) is 2.00. The van der Waals surface area contributed by atoms with Crippen LogP contribution in [-0.2, 0) is 7.05 Å². The number of hydrogen-bond donors (Lipinski definition) is 1. The molecule has 4 nitrogen and oxygen atoms in total. The lowest BCUT2D eigenvalue weighted by Crippen LogP contribution is -2.25. The zero-order valence-corrected chi connectivity index (χ0v) is 13.2. The van der Waals surface area contributed by atoms with Gasteiger partial charge in [0, 0.05) is 12.1 Å². The summed E-state index contributed by atoms with van der Waals surface area (Å²) in [5.74, 6) is 0. The number of rotatable bonds is 5. The Morgan fingerprint density at radius 1 is 1.42 bits per heavy atom. The maximum atomic E-state index is 6.31. The van der Waals surface area contributed by atoms with E-state index in [1.54, 1.807) is 4.68 Å². The van der Waals surface area contributed by atoms with E-state index in [0.717, 1.165) is 33.8 Å². The lowest BCUT2D eigenvalue weighted by atomic mass is 10.0. The monoisotopic (exact) mass is 342 g/mol. The van der Waals surface area contributed by atoms with E-state index in [1.165, 1.54) is 0 Å². The van der Waals surface area contributed by atoms with Crippen LogP contribution in [0.15, 0.2) is 28.9 Å². The molecule has 0 spiro atoms. The fraction of sp³-hybridized carbons (Fsp3) is 0.385. The van der Waals surface area contributed by atoms with Crippen LogP contribution in [-0.4, -0.2) is 21.5 Å². The average Bonchev–Trinajstić information content (AvgIpc) is 2.73. The summed E-state index contributed by atoms with van der Waals surface area (Å²) < 4.78 is 2.50. The minimum absolute atomic E-state index is 0.0250. The van der Waals surface area contributed by atoms with Crippen molar-refractivity contribution in [1.82, 2.24) is 20.3 Å². The van der Waals surface area contributed by atoms with Crippen LogP contribution in [0.25, 0.3) is 0 Å². The van der Waals surface area contributed by atoms with E-state index >= 15 is 0 Å². The highest BCUT2D eigenvalue weighted by Gasteiger charge is 2.23. The third-order valence-electron chi connectivity index (χ3n) is 2.91. The van der Waals surface area contributed by atoms with Crippen molar-refractivity contribution in [3.8, 4) is 0 Å². The van der Waals surface area contributed by atoms with Crippen molar-refractivity contribution in [1.29, 1.82) is 0 Å². The van der Waals surface area contributed by atoms with Gasteiger partial charge in [-0.05, 0) is 40.5 Å². The minimum Gasteiger partial charge on any atom is -0.305 e. The molecule has 1 atom stereocenters. The van der Waals surface area contributed by atoms with Crippen molar-refractivity contribution < 1.29 is 0 Å². The molecule has 0 aliphatic heterocycles. The summed E-state index contributed by atoms with van der Waals surface area (Å²) >= 11 is 9.77. The van der Waals surface area contributed by atoms with Crippen molar-refractivity contribution >= 4 is 27.5 Å². The lowest BCUT2D eigenvalue weighted by molar-refractivity contribution is 0.549. The van der Waals surface area contributed by atoms with Gasteiger partial charge in [0.15, 0.2) is 4.60 Å².